The Bertz CT molecular complexity index is 159. The lowest BCUT2D eigenvalue weighted by molar-refractivity contribution is 0.224. The van der Waals surface area contributed by atoms with Gasteiger partial charge in [0.2, 0.25) is 0 Å². The van der Waals surface area contributed by atoms with Crippen molar-refractivity contribution in [2.45, 2.75) is 65.8 Å². The molecular formula is C14H29N. The molecule has 0 amide bonds. The van der Waals surface area contributed by atoms with Gasteiger partial charge in [-0.3, -0.25) is 0 Å². The predicted octanol–water partition coefficient (Wildman–Crippen LogP) is 3.84. The predicted molar refractivity (Wildman–Crippen MR) is 68.0 cm³/mol. The van der Waals surface area contributed by atoms with E-state index in [0.29, 0.717) is 0 Å². The van der Waals surface area contributed by atoms with Crippen molar-refractivity contribution in [1.29, 1.82) is 0 Å². The molecule has 1 aliphatic carbocycles. The second-order valence-corrected chi connectivity index (χ2v) is 5.63. The average Bonchev–Trinajstić information content (AvgIpc) is 2.70. The zero-order valence-electron chi connectivity index (χ0n) is 11.1. The Morgan fingerprint density at radius 3 is 2.20 bits per heavy atom. The first kappa shape index (κ1) is 13.0. The largest absolute Gasteiger partial charge is 0.313 e. The van der Waals surface area contributed by atoms with Gasteiger partial charge in [0.25, 0.3) is 0 Å². The molecule has 0 spiro atoms. The van der Waals surface area contributed by atoms with Gasteiger partial charge in [-0.25, -0.2) is 0 Å². The highest BCUT2D eigenvalue weighted by molar-refractivity contribution is 4.83. The molecule has 0 heterocycles. The monoisotopic (exact) mass is 211 g/mol. The van der Waals surface area contributed by atoms with E-state index in [1.54, 1.807) is 0 Å². The van der Waals surface area contributed by atoms with Gasteiger partial charge >= 0.3 is 0 Å². The summed E-state index contributed by atoms with van der Waals surface area (Å²) in [5.74, 6) is 2.62. The lowest BCUT2D eigenvalue weighted by Crippen LogP contribution is -2.42. The normalized spacial score (nSPS) is 22.2. The highest BCUT2D eigenvalue weighted by Crippen LogP contribution is 2.34. The molecule has 1 rings (SSSR count). The van der Waals surface area contributed by atoms with Crippen LogP contribution in [0, 0.1) is 17.8 Å². The standard InChI is InChI=1S/C14H29N/c1-5-10-15-14(11(2)3)12(4)13-8-6-7-9-13/h11-15H,5-10H2,1-4H3. The summed E-state index contributed by atoms with van der Waals surface area (Å²) in [5, 5.41) is 3.75. The number of nitrogens with one attached hydrogen (secondary N) is 1. The van der Waals surface area contributed by atoms with Crippen molar-refractivity contribution in [2.75, 3.05) is 6.54 Å². The Hall–Kier alpha value is -0.0400. The molecular weight excluding hydrogens is 182 g/mol. The first-order valence-electron chi connectivity index (χ1n) is 6.90. The van der Waals surface area contributed by atoms with E-state index in [0.717, 1.165) is 23.8 Å². The number of hydrogen-bond donors (Lipinski definition) is 1. The summed E-state index contributed by atoms with van der Waals surface area (Å²) in [6.07, 6.45) is 7.12. The van der Waals surface area contributed by atoms with Crippen LogP contribution in [0.2, 0.25) is 0 Å². The SMILES string of the molecule is CCCNC(C(C)C)C(C)C1CCCC1. The Morgan fingerprint density at radius 1 is 1.13 bits per heavy atom. The summed E-state index contributed by atoms with van der Waals surface area (Å²) in [7, 11) is 0. The van der Waals surface area contributed by atoms with Crippen LogP contribution in [-0.2, 0) is 0 Å². The highest BCUT2D eigenvalue weighted by Gasteiger charge is 2.29. The second kappa shape index (κ2) is 6.52. The fourth-order valence-electron chi connectivity index (χ4n) is 3.12. The number of rotatable bonds is 6. The minimum Gasteiger partial charge on any atom is -0.313 e. The van der Waals surface area contributed by atoms with Crippen molar-refractivity contribution in [2.24, 2.45) is 17.8 Å². The first-order valence-corrected chi connectivity index (χ1v) is 6.90. The van der Waals surface area contributed by atoms with E-state index in [9.17, 15) is 0 Å². The van der Waals surface area contributed by atoms with Crippen LogP contribution in [0.15, 0.2) is 0 Å². The van der Waals surface area contributed by atoms with Gasteiger partial charge in [-0.15, -0.1) is 0 Å². The third kappa shape index (κ3) is 3.79. The lowest BCUT2D eigenvalue weighted by atomic mass is 9.81. The maximum Gasteiger partial charge on any atom is 0.0118 e. The quantitative estimate of drug-likeness (QED) is 0.704. The molecule has 1 heteroatoms. The molecule has 0 aromatic rings. The molecule has 0 bridgehead atoms. The molecule has 15 heavy (non-hydrogen) atoms. The average molecular weight is 211 g/mol. The molecule has 2 atom stereocenters. The van der Waals surface area contributed by atoms with Crippen LogP contribution in [0.25, 0.3) is 0 Å². The summed E-state index contributed by atoms with van der Waals surface area (Å²) in [4.78, 5) is 0. The van der Waals surface area contributed by atoms with Crippen LogP contribution in [-0.4, -0.2) is 12.6 Å². The van der Waals surface area contributed by atoms with Gasteiger partial charge in [-0.1, -0.05) is 53.4 Å². The Balaban J connectivity index is 2.45. The molecule has 0 aliphatic heterocycles. The van der Waals surface area contributed by atoms with Crippen LogP contribution in [0.5, 0.6) is 0 Å². The van der Waals surface area contributed by atoms with Crippen LogP contribution >= 0.6 is 0 Å². The lowest BCUT2D eigenvalue weighted by Gasteiger charge is -2.32. The fourth-order valence-corrected chi connectivity index (χ4v) is 3.12. The minimum atomic E-state index is 0.730. The van der Waals surface area contributed by atoms with Crippen molar-refractivity contribution in [3.8, 4) is 0 Å². The maximum atomic E-state index is 3.75. The molecule has 2 unspecified atom stereocenters. The number of hydrogen-bond acceptors (Lipinski definition) is 1. The topological polar surface area (TPSA) is 12.0 Å². The molecule has 0 aromatic heterocycles. The van der Waals surface area contributed by atoms with E-state index in [1.165, 1.54) is 38.6 Å². The third-order valence-corrected chi connectivity index (χ3v) is 4.06. The fraction of sp³-hybridized carbons (Fsp3) is 1.00. The summed E-state index contributed by atoms with van der Waals surface area (Å²) < 4.78 is 0. The Kier molecular flexibility index (Phi) is 5.66. The highest BCUT2D eigenvalue weighted by atomic mass is 14.9. The summed E-state index contributed by atoms with van der Waals surface area (Å²) in [6, 6.07) is 0.730. The van der Waals surface area contributed by atoms with E-state index < -0.39 is 0 Å². The van der Waals surface area contributed by atoms with Gasteiger partial charge in [0.05, 0.1) is 0 Å². The van der Waals surface area contributed by atoms with Crippen LogP contribution in [0.3, 0.4) is 0 Å². The van der Waals surface area contributed by atoms with Crippen LogP contribution < -0.4 is 5.32 Å². The molecule has 1 saturated carbocycles. The van der Waals surface area contributed by atoms with E-state index in [4.69, 9.17) is 0 Å². The van der Waals surface area contributed by atoms with Crippen LogP contribution in [0.4, 0.5) is 0 Å². The molecule has 1 N–H and O–H groups in total. The van der Waals surface area contributed by atoms with E-state index >= 15 is 0 Å². The van der Waals surface area contributed by atoms with Gasteiger partial charge < -0.3 is 5.32 Å². The molecule has 0 radical (unpaired) electrons. The van der Waals surface area contributed by atoms with Gasteiger partial charge in [-0.05, 0) is 30.7 Å². The smallest absolute Gasteiger partial charge is 0.0118 e. The molecule has 90 valence electrons. The maximum absolute atomic E-state index is 3.75. The van der Waals surface area contributed by atoms with Gasteiger partial charge in [-0.2, -0.15) is 0 Å². The molecule has 1 nitrogen and oxygen atoms in total. The van der Waals surface area contributed by atoms with Crippen LogP contribution in [0.1, 0.15) is 59.8 Å². The minimum absolute atomic E-state index is 0.730. The summed E-state index contributed by atoms with van der Waals surface area (Å²) >= 11 is 0. The van der Waals surface area contributed by atoms with E-state index in [1.807, 2.05) is 0 Å². The molecule has 0 saturated heterocycles. The van der Waals surface area contributed by atoms with Gasteiger partial charge in [0, 0.05) is 6.04 Å². The van der Waals surface area contributed by atoms with Gasteiger partial charge in [0.15, 0.2) is 0 Å². The Morgan fingerprint density at radius 2 is 1.73 bits per heavy atom. The van der Waals surface area contributed by atoms with Crippen molar-refractivity contribution in [3.05, 3.63) is 0 Å². The van der Waals surface area contributed by atoms with Crippen molar-refractivity contribution < 1.29 is 0 Å². The molecule has 0 aromatic carbocycles. The second-order valence-electron chi connectivity index (χ2n) is 5.63. The first-order chi connectivity index (χ1) is 7.16. The zero-order valence-corrected chi connectivity index (χ0v) is 11.1. The molecule has 1 aliphatic rings. The van der Waals surface area contributed by atoms with Crippen molar-refractivity contribution >= 4 is 0 Å². The van der Waals surface area contributed by atoms with Crippen molar-refractivity contribution in [3.63, 3.8) is 0 Å². The summed E-state index contributed by atoms with van der Waals surface area (Å²) in [6.45, 7) is 10.6. The van der Waals surface area contributed by atoms with E-state index in [2.05, 4.69) is 33.0 Å². The third-order valence-electron chi connectivity index (χ3n) is 4.06. The van der Waals surface area contributed by atoms with E-state index in [-0.39, 0.29) is 0 Å². The zero-order chi connectivity index (χ0) is 11.3. The van der Waals surface area contributed by atoms with Gasteiger partial charge in [0.1, 0.15) is 0 Å². The van der Waals surface area contributed by atoms with Crippen molar-refractivity contribution in [1.82, 2.24) is 5.32 Å². The molecule has 1 fully saturated rings. The summed E-state index contributed by atoms with van der Waals surface area (Å²) in [5.41, 5.74) is 0. The Labute approximate surface area is 96.0 Å².